The number of rotatable bonds is 2. The number of aliphatic carboxylic acids is 1. The van der Waals surface area contributed by atoms with Crippen LogP contribution >= 0.6 is 0 Å². The first kappa shape index (κ1) is 15.1. The zero-order valence-corrected chi connectivity index (χ0v) is 12.5. The molecule has 20 heavy (non-hydrogen) atoms. The molecule has 2 fully saturated rings. The molecule has 2 rings (SSSR count). The number of urea groups is 1. The van der Waals surface area contributed by atoms with Gasteiger partial charge in [-0.15, -0.1) is 0 Å². The fraction of sp³-hybridized carbons (Fsp3) is 0.867. The molecular formula is C15H26N2O3. The number of carbonyl (C=O) groups is 2. The number of carboxylic acids is 1. The van der Waals surface area contributed by atoms with Crippen molar-refractivity contribution in [2.75, 3.05) is 26.2 Å². The van der Waals surface area contributed by atoms with Gasteiger partial charge in [-0.05, 0) is 37.5 Å². The summed E-state index contributed by atoms with van der Waals surface area (Å²) in [7, 11) is 0. The van der Waals surface area contributed by atoms with Crippen LogP contribution < -0.4 is 0 Å². The van der Waals surface area contributed by atoms with Gasteiger partial charge in [-0.1, -0.05) is 13.8 Å². The summed E-state index contributed by atoms with van der Waals surface area (Å²) in [6.45, 7) is 7.19. The zero-order chi connectivity index (χ0) is 14.7. The van der Waals surface area contributed by atoms with E-state index >= 15 is 0 Å². The van der Waals surface area contributed by atoms with Crippen LogP contribution in [0.3, 0.4) is 0 Å². The smallest absolute Gasteiger partial charge is 0.320 e. The lowest BCUT2D eigenvalue weighted by molar-refractivity contribution is -0.143. The Morgan fingerprint density at radius 1 is 1.05 bits per heavy atom. The molecule has 2 saturated heterocycles. The molecule has 0 aromatic heterocycles. The SMILES string of the molecule is CC(C)C1CCN(C(=O)N2CCC[C@@H](C(=O)O)C2)CC1. The second kappa shape index (κ2) is 6.46. The summed E-state index contributed by atoms with van der Waals surface area (Å²) >= 11 is 0. The van der Waals surface area contributed by atoms with E-state index in [2.05, 4.69) is 13.8 Å². The van der Waals surface area contributed by atoms with Gasteiger partial charge in [0.2, 0.25) is 0 Å². The highest BCUT2D eigenvalue weighted by molar-refractivity contribution is 5.76. The van der Waals surface area contributed by atoms with Gasteiger partial charge >= 0.3 is 12.0 Å². The molecule has 5 heteroatoms. The van der Waals surface area contributed by atoms with Gasteiger partial charge in [-0.3, -0.25) is 4.79 Å². The van der Waals surface area contributed by atoms with Gasteiger partial charge < -0.3 is 14.9 Å². The molecule has 0 aromatic rings. The minimum absolute atomic E-state index is 0.0400. The summed E-state index contributed by atoms with van der Waals surface area (Å²) in [5.41, 5.74) is 0. The highest BCUT2D eigenvalue weighted by Crippen LogP contribution is 2.26. The van der Waals surface area contributed by atoms with Gasteiger partial charge in [0.15, 0.2) is 0 Å². The molecule has 0 bridgehead atoms. The Balaban J connectivity index is 1.87. The summed E-state index contributed by atoms with van der Waals surface area (Å²) in [5, 5.41) is 9.09. The summed E-state index contributed by atoms with van der Waals surface area (Å²) in [6.07, 6.45) is 3.62. The second-order valence-corrected chi connectivity index (χ2v) is 6.47. The van der Waals surface area contributed by atoms with Crippen molar-refractivity contribution >= 4 is 12.0 Å². The van der Waals surface area contributed by atoms with Crippen LogP contribution in [-0.2, 0) is 4.79 Å². The number of piperidine rings is 2. The van der Waals surface area contributed by atoms with Gasteiger partial charge in [0.05, 0.1) is 5.92 Å². The molecule has 0 saturated carbocycles. The van der Waals surface area contributed by atoms with Gasteiger partial charge in [0.1, 0.15) is 0 Å². The Morgan fingerprint density at radius 3 is 2.25 bits per heavy atom. The fourth-order valence-corrected chi connectivity index (χ4v) is 3.31. The molecule has 2 amide bonds. The average Bonchev–Trinajstić information content (AvgIpc) is 2.46. The van der Waals surface area contributed by atoms with Gasteiger partial charge in [0.25, 0.3) is 0 Å². The minimum Gasteiger partial charge on any atom is -0.481 e. The molecule has 0 unspecified atom stereocenters. The molecule has 2 heterocycles. The van der Waals surface area contributed by atoms with Crippen LogP contribution in [-0.4, -0.2) is 53.1 Å². The third-order valence-corrected chi connectivity index (χ3v) is 4.79. The average molecular weight is 282 g/mol. The van der Waals surface area contributed by atoms with E-state index in [1.54, 1.807) is 4.90 Å². The van der Waals surface area contributed by atoms with Crippen LogP contribution in [0.1, 0.15) is 39.5 Å². The summed E-state index contributed by atoms with van der Waals surface area (Å²) in [5.74, 6) is 0.229. The predicted molar refractivity (Wildman–Crippen MR) is 76.5 cm³/mol. The van der Waals surface area contributed by atoms with Crippen molar-refractivity contribution in [3.63, 3.8) is 0 Å². The van der Waals surface area contributed by atoms with Crippen molar-refractivity contribution in [2.24, 2.45) is 17.8 Å². The zero-order valence-electron chi connectivity index (χ0n) is 12.5. The molecule has 0 spiro atoms. The Kier molecular flexibility index (Phi) is 4.89. The van der Waals surface area contributed by atoms with E-state index in [1.165, 1.54) is 0 Å². The Bertz CT molecular complexity index is 362. The number of carboxylic acid groups (broad SMARTS) is 1. The van der Waals surface area contributed by atoms with E-state index < -0.39 is 5.97 Å². The predicted octanol–water partition coefficient (Wildman–Crippen LogP) is 2.27. The van der Waals surface area contributed by atoms with E-state index in [4.69, 9.17) is 5.11 Å². The number of amides is 2. The maximum absolute atomic E-state index is 12.5. The lowest BCUT2D eigenvalue weighted by atomic mass is 9.87. The third-order valence-electron chi connectivity index (χ3n) is 4.79. The number of hydrogen-bond acceptors (Lipinski definition) is 2. The van der Waals surface area contributed by atoms with Crippen molar-refractivity contribution in [3.05, 3.63) is 0 Å². The fourth-order valence-electron chi connectivity index (χ4n) is 3.31. The standard InChI is InChI=1S/C15H26N2O3/c1-11(2)12-5-8-16(9-6-12)15(20)17-7-3-4-13(10-17)14(18)19/h11-13H,3-10H2,1-2H3,(H,18,19)/t13-/m1/s1. The number of nitrogens with zero attached hydrogens (tertiary/aromatic N) is 2. The lowest BCUT2D eigenvalue weighted by Gasteiger charge is -2.39. The Morgan fingerprint density at radius 2 is 1.70 bits per heavy atom. The molecular weight excluding hydrogens is 256 g/mol. The minimum atomic E-state index is -0.777. The molecule has 0 aromatic carbocycles. The van der Waals surface area contributed by atoms with Crippen molar-refractivity contribution in [3.8, 4) is 0 Å². The van der Waals surface area contributed by atoms with Crippen LogP contribution in [0.15, 0.2) is 0 Å². The maximum atomic E-state index is 12.5. The number of likely N-dealkylation sites (tertiary alicyclic amines) is 2. The lowest BCUT2D eigenvalue weighted by Crippen LogP contribution is -2.51. The van der Waals surface area contributed by atoms with Gasteiger partial charge in [-0.25, -0.2) is 4.79 Å². The van der Waals surface area contributed by atoms with Crippen LogP contribution in [0, 0.1) is 17.8 Å². The molecule has 0 aliphatic carbocycles. The van der Waals surface area contributed by atoms with Gasteiger partial charge in [0, 0.05) is 26.2 Å². The van der Waals surface area contributed by atoms with Crippen LogP contribution in [0.5, 0.6) is 0 Å². The molecule has 5 nitrogen and oxygen atoms in total. The Hall–Kier alpha value is -1.26. The molecule has 0 radical (unpaired) electrons. The Labute approximate surface area is 120 Å². The first-order valence-corrected chi connectivity index (χ1v) is 7.75. The summed E-state index contributed by atoms with van der Waals surface area (Å²) < 4.78 is 0. The topological polar surface area (TPSA) is 60.9 Å². The normalized spacial score (nSPS) is 25.1. The van der Waals surface area contributed by atoms with E-state index in [9.17, 15) is 9.59 Å². The number of carbonyl (C=O) groups excluding carboxylic acids is 1. The first-order chi connectivity index (χ1) is 9.49. The van der Waals surface area contributed by atoms with Crippen molar-refractivity contribution in [1.29, 1.82) is 0 Å². The van der Waals surface area contributed by atoms with E-state index in [0.717, 1.165) is 32.4 Å². The van der Waals surface area contributed by atoms with Crippen molar-refractivity contribution in [2.45, 2.75) is 39.5 Å². The highest BCUT2D eigenvalue weighted by Gasteiger charge is 2.32. The van der Waals surface area contributed by atoms with Gasteiger partial charge in [-0.2, -0.15) is 0 Å². The highest BCUT2D eigenvalue weighted by atomic mass is 16.4. The largest absolute Gasteiger partial charge is 0.481 e. The van der Waals surface area contributed by atoms with Crippen LogP contribution in [0.2, 0.25) is 0 Å². The second-order valence-electron chi connectivity index (χ2n) is 6.47. The third kappa shape index (κ3) is 3.44. The van der Waals surface area contributed by atoms with E-state index in [0.29, 0.717) is 31.3 Å². The molecule has 2 aliphatic rings. The molecule has 1 N–H and O–H groups in total. The number of hydrogen-bond donors (Lipinski definition) is 1. The monoisotopic (exact) mass is 282 g/mol. The van der Waals surface area contributed by atoms with Crippen molar-refractivity contribution in [1.82, 2.24) is 9.80 Å². The summed E-state index contributed by atoms with van der Waals surface area (Å²) in [4.78, 5) is 27.2. The molecule has 1 atom stereocenters. The van der Waals surface area contributed by atoms with E-state index in [-0.39, 0.29) is 11.9 Å². The van der Waals surface area contributed by atoms with Crippen LogP contribution in [0.4, 0.5) is 4.79 Å². The van der Waals surface area contributed by atoms with Crippen LogP contribution in [0.25, 0.3) is 0 Å². The molecule has 114 valence electrons. The summed E-state index contributed by atoms with van der Waals surface area (Å²) in [6, 6.07) is 0.0400. The van der Waals surface area contributed by atoms with Crippen molar-refractivity contribution < 1.29 is 14.7 Å². The van der Waals surface area contributed by atoms with E-state index in [1.807, 2.05) is 4.90 Å². The first-order valence-electron chi connectivity index (χ1n) is 7.75. The maximum Gasteiger partial charge on any atom is 0.320 e. The quantitative estimate of drug-likeness (QED) is 0.845. The molecule has 2 aliphatic heterocycles.